The largest absolute Gasteiger partial charge is 0.507 e. The molecule has 182 valence electrons. The van der Waals surface area contributed by atoms with Gasteiger partial charge in [0.15, 0.2) is 11.5 Å². The van der Waals surface area contributed by atoms with Gasteiger partial charge in [-0.3, -0.25) is 4.79 Å². The van der Waals surface area contributed by atoms with Gasteiger partial charge in [0, 0.05) is 10.6 Å². The number of phenolic OH excluding ortho intramolecular Hbond substituents is 1. The minimum Gasteiger partial charge on any atom is -0.507 e. The Morgan fingerprint density at radius 3 is 2.49 bits per heavy atom. The highest BCUT2D eigenvalue weighted by atomic mass is 79.9. The summed E-state index contributed by atoms with van der Waals surface area (Å²) in [6.07, 6.45) is 0.608. The van der Waals surface area contributed by atoms with E-state index in [2.05, 4.69) is 37.0 Å². The predicted octanol–water partition coefficient (Wildman–Crippen LogP) is 6.90. The second-order valence-electron chi connectivity index (χ2n) is 7.17. The Bertz CT molecular complexity index is 1260. The summed E-state index contributed by atoms with van der Waals surface area (Å²) < 4.78 is 12.0. The summed E-state index contributed by atoms with van der Waals surface area (Å²) in [6.45, 7) is 3.51. The number of rotatable bonds is 9. The maximum atomic E-state index is 12.9. The number of halogens is 3. The first-order valence-electron chi connectivity index (χ1n) is 10.4. The van der Waals surface area contributed by atoms with Gasteiger partial charge in [-0.05, 0) is 93.7 Å². The lowest BCUT2D eigenvalue weighted by Gasteiger charge is -2.13. The van der Waals surface area contributed by atoms with Gasteiger partial charge >= 0.3 is 5.97 Å². The number of ketones is 1. The third-order valence-electron chi connectivity index (χ3n) is 4.58. The van der Waals surface area contributed by atoms with Crippen LogP contribution >= 0.6 is 43.5 Å². The van der Waals surface area contributed by atoms with Gasteiger partial charge in [0.25, 0.3) is 0 Å². The van der Waals surface area contributed by atoms with Crippen LogP contribution in [0.3, 0.4) is 0 Å². The molecule has 0 spiro atoms. The van der Waals surface area contributed by atoms with Crippen molar-refractivity contribution in [3.05, 3.63) is 85.3 Å². The lowest BCUT2D eigenvalue weighted by atomic mass is 10.0. The first-order valence-corrected chi connectivity index (χ1v) is 12.3. The highest BCUT2D eigenvalue weighted by molar-refractivity contribution is 9.11. The van der Waals surface area contributed by atoms with Crippen LogP contribution in [-0.2, 0) is 14.4 Å². The molecule has 0 saturated heterocycles. The molecule has 0 fully saturated rings. The molecule has 10 heteroatoms. The Labute approximate surface area is 223 Å². The number of carbonyl (C=O) groups excluding carboxylic acids is 2. The summed E-state index contributed by atoms with van der Waals surface area (Å²) in [5.41, 5.74) is 1.08. The first kappa shape index (κ1) is 26.7. The number of oxime groups is 1. The molecule has 0 aliphatic carbocycles. The van der Waals surface area contributed by atoms with E-state index in [0.29, 0.717) is 36.6 Å². The number of hydrogen-bond acceptors (Lipinski definition) is 7. The molecule has 3 aromatic carbocycles. The lowest BCUT2D eigenvalue weighted by Crippen LogP contribution is -2.21. The van der Waals surface area contributed by atoms with Gasteiger partial charge in [0.05, 0.1) is 27.3 Å². The summed E-state index contributed by atoms with van der Waals surface area (Å²) in [6, 6.07) is 14.3. The van der Waals surface area contributed by atoms with E-state index >= 15 is 0 Å². The standard InChI is InChI=1S/C25H20Br2ClNO6/c1-3-33-25(32)14(2)35-29-13-15-9-20(26)24(21(27)10-15)34-18-7-8-22(30)19(12-18)23(31)16-5-4-6-17(28)11-16/h4-14,30H,3H2,1-2H3. The number of benzene rings is 3. The molecule has 3 aromatic rings. The lowest BCUT2D eigenvalue weighted by molar-refractivity contribution is -0.155. The number of esters is 1. The molecule has 1 atom stereocenters. The molecular formula is C25H20Br2ClNO6. The number of carbonyl (C=O) groups is 2. The fourth-order valence-electron chi connectivity index (χ4n) is 2.90. The highest BCUT2D eigenvalue weighted by Gasteiger charge is 2.17. The van der Waals surface area contributed by atoms with Gasteiger partial charge in [-0.2, -0.15) is 0 Å². The Balaban J connectivity index is 1.78. The fourth-order valence-corrected chi connectivity index (χ4v) is 4.47. The van der Waals surface area contributed by atoms with Gasteiger partial charge in [-0.25, -0.2) is 4.79 Å². The molecule has 3 rings (SSSR count). The zero-order valence-electron chi connectivity index (χ0n) is 18.6. The first-order chi connectivity index (χ1) is 16.7. The summed E-state index contributed by atoms with van der Waals surface area (Å²) in [4.78, 5) is 29.6. The van der Waals surface area contributed by atoms with Gasteiger partial charge in [0.2, 0.25) is 6.10 Å². The molecule has 1 N–H and O–H groups in total. The van der Waals surface area contributed by atoms with Crippen LogP contribution < -0.4 is 4.74 Å². The average molecular weight is 626 g/mol. The van der Waals surface area contributed by atoms with Crippen LogP contribution in [0.5, 0.6) is 17.2 Å². The van der Waals surface area contributed by atoms with E-state index in [-0.39, 0.29) is 17.9 Å². The SMILES string of the molecule is CCOC(=O)C(C)ON=Cc1cc(Br)c(Oc2ccc(O)c(C(=O)c3cccc(Cl)c3)c2)c(Br)c1. The molecule has 0 amide bonds. The van der Waals surface area contributed by atoms with Crippen molar-refractivity contribution in [2.45, 2.75) is 20.0 Å². The maximum Gasteiger partial charge on any atom is 0.349 e. The Kier molecular flexibility index (Phi) is 9.31. The minimum absolute atomic E-state index is 0.0774. The molecule has 1 unspecified atom stereocenters. The van der Waals surface area contributed by atoms with Crippen molar-refractivity contribution >= 4 is 61.4 Å². The van der Waals surface area contributed by atoms with Crippen LogP contribution in [0.25, 0.3) is 0 Å². The van der Waals surface area contributed by atoms with Crippen molar-refractivity contribution in [2.24, 2.45) is 5.16 Å². The summed E-state index contributed by atoms with van der Waals surface area (Å²) in [5, 5.41) is 14.5. The minimum atomic E-state index is -0.834. The summed E-state index contributed by atoms with van der Waals surface area (Å²) >= 11 is 12.9. The zero-order valence-corrected chi connectivity index (χ0v) is 22.6. The molecule has 7 nitrogen and oxygen atoms in total. The quantitative estimate of drug-likeness (QED) is 0.120. The third kappa shape index (κ3) is 7.06. The maximum absolute atomic E-state index is 12.9. The van der Waals surface area contributed by atoms with Crippen LogP contribution in [0.2, 0.25) is 5.02 Å². The number of hydrogen-bond donors (Lipinski definition) is 1. The van der Waals surface area contributed by atoms with Gasteiger partial charge < -0.3 is 19.4 Å². The second kappa shape index (κ2) is 12.2. The predicted molar refractivity (Wildman–Crippen MR) is 140 cm³/mol. The molecule has 0 aliphatic heterocycles. The van der Waals surface area contributed by atoms with Crippen molar-refractivity contribution in [1.29, 1.82) is 0 Å². The van der Waals surface area contributed by atoms with Crippen LogP contribution in [0.4, 0.5) is 0 Å². The molecule has 35 heavy (non-hydrogen) atoms. The smallest absolute Gasteiger partial charge is 0.349 e. The molecular weight excluding hydrogens is 606 g/mol. The summed E-state index contributed by atoms with van der Waals surface area (Å²) in [7, 11) is 0. The Morgan fingerprint density at radius 2 is 1.83 bits per heavy atom. The van der Waals surface area contributed by atoms with E-state index in [1.165, 1.54) is 24.4 Å². The van der Waals surface area contributed by atoms with Crippen molar-refractivity contribution < 1.29 is 29.0 Å². The number of aromatic hydroxyl groups is 1. The molecule has 0 aliphatic rings. The van der Waals surface area contributed by atoms with E-state index in [1.807, 2.05) is 0 Å². The molecule has 0 bridgehead atoms. The van der Waals surface area contributed by atoms with Crippen LogP contribution in [0.1, 0.15) is 35.3 Å². The third-order valence-corrected chi connectivity index (χ3v) is 5.99. The Hall–Kier alpha value is -2.88. The van der Waals surface area contributed by atoms with Gasteiger partial charge in [-0.1, -0.05) is 28.9 Å². The van der Waals surface area contributed by atoms with E-state index < -0.39 is 17.9 Å². The monoisotopic (exact) mass is 623 g/mol. The molecule has 0 radical (unpaired) electrons. The van der Waals surface area contributed by atoms with Crippen molar-refractivity contribution in [2.75, 3.05) is 6.61 Å². The van der Waals surface area contributed by atoms with Crippen molar-refractivity contribution in [3.63, 3.8) is 0 Å². The number of phenols is 1. The number of ether oxygens (including phenoxy) is 2. The van der Waals surface area contributed by atoms with Crippen LogP contribution in [-0.4, -0.2) is 35.8 Å². The molecule has 0 heterocycles. The topological polar surface area (TPSA) is 94.4 Å². The van der Waals surface area contributed by atoms with E-state index in [0.717, 1.165) is 0 Å². The highest BCUT2D eigenvalue weighted by Crippen LogP contribution is 2.38. The van der Waals surface area contributed by atoms with Crippen molar-refractivity contribution in [3.8, 4) is 17.2 Å². The van der Waals surface area contributed by atoms with Crippen molar-refractivity contribution in [1.82, 2.24) is 0 Å². The molecule has 0 aromatic heterocycles. The zero-order chi connectivity index (χ0) is 25.5. The van der Waals surface area contributed by atoms with E-state index in [9.17, 15) is 14.7 Å². The van der Waals surface area contributed by atoms with Gasteiger partial charge in [0.1, 0.15) is 11.5 Å². The van der Waals surface area contributed by atoms with Crippen LogP contribution in [0, 0.1) is 0 Å². The van der Waals surface area contributed by atoms with E-state index in [1.54, 1.807) is 50.2 Å². The summed E-state index contributed by atoms with van der Waals surface area (Å²) in [5.74, 6) is -0.295. The van der Waals surface area contributed by atoms with E-state index in [4.69, 9.17) is 25.9 Å². The normalized spacial score (nSPS) is 11.8. The van der Waals surface area contributed by atoms with Gasteiger partial charge in [-0.15, -0.1) is 0 Å². The molecule has 0 saturated carbocycles. The average Bonchev–Trinajstić information content (AvgIpc) is 2.82. The number of nitrogens with zero attached hydrogens (tertiary/aromatic N) is 1. The Morgan fingerprint density at radius 1 is 1.11 bits per heavy atom. The fraction of sp³-hybridized carbons (Fsp3) is 0.160. The second-order valence-corrected chi connectivity index (χ2v) is 9.31. The van der Waals surface area contributed by atoms with Crippen LogP contribution in [0.15, 0.2) is 68.7 Å².